The molecular weight excluding hydrogens is 158 g/mol. The summed E-state index contributed by atoms with van der Waals surface area (Å²) in [5.74, 6) is 0. The molecule has 2 heteroatoms. The van der Waals surface area contributed by atoms with Gasteiger partial charge in [0.25, 0.3) is 0 Å². The first-order valence-corrected chi connectivity index (χ1v) is 3.91. The molecule has 0 atom stereocenters. The number of pyridine rings is 1. The Morgan fingerprint density at radius 1 is 1.64 bits per heavy atom. The molecule has 0 bridgehead atoms. The quantitative estimate of drug-likeness (QED) is 0.617. The third kappa shape index (κ3) is 2.05. The van der Waals surface area contributed by atoms with Gasteiger partial charge in [-0.2, -0.15) is 0 Å². The maximum atomic E-state index is 5.62. The van der Waals surface area contributed by atoms with E-state index < -0.39 is 0 Å². The Kier molecular flexibility index (Phi) is 2.66. The Bertz CT molecular complexity index is 251. The van der Waals surface area contributed by atoms with Crippen molar-refractivity contribution in [3.63, 3.8) is 0 Å². The van der Waals surface area contributed by atoms with Crippen molar-refractivity contribution in [2.75, 3.05) is 0 Å². The molecule has 0 saturated carbocycles. The van der Waals surface area contributed by atoms with E-state index in [-0.39, 0.29) is 0 Å². The van der Waals surface area contributed by atoms with Gasteiger partial charge in [0.2, 0.25) is 0 Å². The van der Waals surface area contributed by atoms with Crippen LogP contribution in [-0.4, -0.2) is 4.98 Å². The molecule has 1 aromatic heterocycles. The molecule has 1 aromatic rings. The SMILES string of the molecule is C=C(CC)c1ccc(Cl)nc1. The van der Waals surface area contributed by atoms with Gasteiger partial charge in [0.15, 0.2) is 0 Å². The van der Waals surface area contributed by atoms with E-state index >= 15 is 0 Å². The first kappa shape index (κ1) is 8.28. The zero-order valence-corrected chi connectivity index (χ0v) is 7.23. The lowest BCUT2D eigenvalue weighted by atomic mass is 10.1. The minimum atomic E-state index is 0.526. The average Bonchev–Trinajstić information content (AvgIpc) is 2.05. The van der Waals surface area contributed by atoms with E-state index in [0.29, 0.717) is 5.15 Å². The van der Waals surface area contributed by atoms with Crippen molar-refractivity contribution < 1.29 is 0 Å². The fraction of sp³-hybridized carbons (Fsp3) is 0.222. The highest BCUT2D eigenvalue weighted by Gasteiger charge is 1.95. The zero-order chi connectivity index (χ0) is 8.27. The van der Waals surface area contributed by atoms with Crippen LogP contribution in [0.3, 0.4) is 0 Å². The van der Waals surface area contributed by atoms with E-state index in [9.17, 15) is 0 Å². The highest BCUT2D eigenvalue weighted by molar-refractivity contribution is 6.29. The lowest BCUT2D eigenvalue weighted by Crippen LogP contribution is -1.82. The molecule has 0 aliphatic rings. The molecular formula is C9H10ClN. The van der Waals surface area contributed by atoms with Crippen LogP contribution in [0.1, 0.15) is 18.9 Å². The Labute approximate surface area is 71.7 Å². The maximum absolute atomic E-state index is 5.62. The predicted molar refractivity (Wildman–Crippen MR) is 48.6 cm³/mol. The zero-order valence-electron chi connectivity index (χ0n) is 6.47. The van der Waals surface area contributed by atoms with Crippen LogP contribution in [0.2, 0.25) is 5.15 Å². The summed E-state index contributed by atoms with van der Waals surface area (Å²) in [7, 11) is 0. The monoisotopic (exact) mass is 167 g/mol. The Balaban J connectivity index is 2.90. The second kappa shape index (κ2) is 3.54. The molecule has 1 nitrogen and oxygen atoms in total. The Hall–Kier alpha value is -0.820. The largest absolute Gasteiger partial charge is 0.244 e. The third-order valence-electron chi connectivity index (χ3n) is 1.56. The van der Waals surface area contributed by atoms with Crippen molar-refractivity contribution in [3.8, 4) is 0 Å². The van der Waals surface area contributed by atoms with Crippen LogP contribution in [0.5, 0.6) is 0 Å². The molecule has 1 rings (SSSR count). The summed E-state index contributed by atoms with van der Waals surface area (Å²) in [6.07, 6.45) is 2.69. The van der Waals surface area contributed by atoms with Crippen molar-refractivity contribution in [1.82, 2.24) is 4.98 Å². The molecule has 0 saturated heterocycles. The van der Waals surface area contributed by atoms with Gasteiger partial charge in [-0.1, -0.05) is 31.2 Å². The summed E-state index contributed by atoms with van der Waals surface area (Å²) < 4.78 is 0. The standard InChI is InChI=1S/C9H10ClN/c1-3-7(2)8-4-5-9(10)11-6-8/h4-6H,2-3H2,1H3. The first-order chi connectivity index (χ1) is 5.24. The van der Waals surface area contributed by atoms with Crippen molar-refractivity contribution in [3.05, 3.63) is 35.6 Å². The van der Waals surface area contributed by atoms with Crippen LogP contribution in [0, 0.1) is 0 Å². The molecule has 0 aliphatic carbocycles. The third-order valence-corrected chi connectivity index (χ3v) is 1.79. The van der Waals surface area contributed by atoms with E-state index in [1.54, 1.807) is 12.3 Å². The lowest BCUT2D eigenvalue weighted by molar-refractivity contribution is 1.22. The van der Waals surface area contributed by atoms with Crippen molar-refractivity contribution in [2.45, 2.75) is 13.3 Å². The van der Waals surface area contributed by atoms with E-state index in [0.717, 1.165) is 17.6 Å². The summed E-state index contributed by atoms with van der Waals surface area (Å²) in [6.45, 7) is 5.96. The summed E-state index contributed by atoms with van der Waals surface area (Å²) in [5, 5.41) is 0.526. The van der Waals surface area contributed by atoms with Crippen molar-refractivity contribution in [1.29, 1.82) is 0 Å². The highest BCUT2D eigenvalue weighted by Crippen LogP contribution is 2.15. The smallest absolute Gasteiger partial charge is 0.129 e. The molecule has 58 valence electrons. The van der Waals surface area contributed by atoms with Gasteiger partial charge in [0.05, 0.1) is 0 Å². The van der Waals surface area contributed by atoms with E-state index in [1.165, 1.54) is 0 Å². The van der Waals surface area contributed by atoms with E-state index in [1.807, 2.05) is 6.07 Å². The maximum Gasteiger partial charge on any atom is 0.129 e. The Morgan fingerprint density at radius 3 is 2.82 bits per heavy atom. The first-order valence-electron chi connectivity index (χ1n) is 3.53. The Morgan fingerprint density at radius 2 is 2.36 bits per heavy atom. The fourth-order valence-electron chi connectivity index (χ4n) is 0.789. The van der Waals surface area contributed by atoms with Crippen LogP contribution in [-0.2, 0) is 0 Å². The molecule has 0 amide bonds. The van der Waals surface area contributed by atoms with Gasteiger partial charge in [0.1, 0.15) is 5.15 Å². The van der Waals surface area contributed by atoms with Crippen molar-refractivity contribution in [2.24, 2.45) is 0 Å². The summed E-state index contributed by atoms with van der Waals surface area (Å²) in [6, 6.07) is 3.71. The average molecular weight is 168 g/mol. The number of aromatic nitrogens is 1. The minimum Gasteiger partial charge on any atom is -0.244 e. The van der Waals surface area contributed by atoms with Crippen LogP contribution in [0.25, 0.3) is 5.57 Å². The van der Waals surface area contributed by atoms with Crippen molar-refractivity contribution >= 4 is 17.2 Å². The molecule has 0 N–H and O–H groups in total. The summed E-state index contributed by atoms with van der Waals surface area (Å²) in [4.78, 5) is 3.95. The predicted octanol–water partition coefficient (Wildman–Crippen LogP) is 3.16. The number of hydrogen-bond acceptors (Lipinski definition) is 1. The van der Waals surface area contributed by atoms with E-state index in [2.05, 4.69) is 18.5 Å². The molecule has 0 aliphatic heterocycles. The van der Waals surface area contributed by atoms with Crippen LogP contribution in [0.15, 0.2) is 24.9 Å². The van der Waals surface area contributed by atoms with Crippen LogP contribution < -0.4 is 0 Å². The molecule has 0 unspecified atom stereocenters. The lowest BCUT2D eigenvalue weighted by Gasteiger charge is -2.00. The molecule has 11 heavy (non-hydrogen) atoms. The number of allylic oxidation sites excluding steroid dienone is 1. The fourth-order valence-corrected chi connectivity index (χ4v) is 0.901. The van der Waals surface area contributed by atoms with Gasteiger partial charge >= 0.3 is 0 Å². The topological polar surface area (TPSA) is 12.9 Å². The highest BCUT2D eigenvalue weighted by atomic mass is 35.5. The van der Waals surface area contributed by atoms with Crippen LogP contribution >= 0.6 is 11.6 Å². The minimum absolute atomic E-state index is 0.526. The molecule has 0 fully saturated rings. The number of nitrogens with zero attached hydrogens (tertiary/aromatic N) is 1. The van der Waals surface area contributed by atoms with Gasteiger partial charge in [-0.05, 0) is 23.6 Å². The number of rotatable bonds is 2. The van der Waals surface area contributed by atoms with Gasteiger partial charge in [-0.15, -0.1) is 0 Å². The summed E-state index contributed by atoms with van der Waals surface area (Å²) in [5.41, 5.74) is 2.16. The molecule has 0 aromatic carbocycles. The molecule has 1 heterocycles. The molecule has 0 radical (unpaired) electrons. The number of halogens is 1. The van der Waals surface area contributed by atoms with Gasteiger partial charge in [-0.3, -0.25) is 0 Å². The second-order valence-corrected chi connectivity index (χ2v) is 2.71. The van der Waals surface area contributed by atoms with Gasteiger partial charge < -0.3 is 0 Å². The number of hydrogen-bond donors (Lipinski definition) is 0. The second-order valence-electron chi connectivity index (χ2n) is 2.33. The molecule has 0 spiro atoms. The van der Waals surface area contributed by atoms with E-state index in [4.69, 9.17) is 11.6 Å². The van der Waals surface area contributed by atoms with Crippen LogP contribution in [0.4, 0.5) is 0 Å². The van der Waals surface area contributed by atoms with Gasteiger partial charge in [0, 0.05) is 6.20 Å². The van der Waals surface area contributed by atoms with Gasteiger partial charge in [-0.25, -0.2) is 4.98 Å². The normalized spacial score (nSPS) is 9.64. The summed E-state index contributed by atoms with van der Waals surface area (Å²) >= 11 is 5.62.